The van der Waals surface area contributed by atoms with Gasteiger partial charge in [0.25, 0.3) is 0 Å². The van der Waals surface area contributed by atoms with E-state index in [1.807, 2.05) is 104 Å². The number of hydrogen-bond donors (Lipinski definition) is 2. The van der Waals surface area contributed by atoms with E-state index in [0.717, 1.165) is 30.0 Å². The minimum absolute atomic E-state index is 0. The number of benzene rings is 2. The maximum Gasteiger partial charge on any atom is 2.00 e. The number of nitrogens with zero attached hydrogens (tertiary/aromatic N) is 4. The topological polar surface area (TPSA) is 87.4 Å². The number of nitrogens with one attached hydrogen (secondary N) is 1. The molecule has 2 aromatic heterocycles. The standard InChI is InChI=1S/C14H14N3O.C12H12N3.2C3H7.2V/c1-11(18)16-13-9-6-10-15-14(13)17(2)12-7-4-3-5-8-12;1-15(10-6-3-2-4-7-10)12-11(13)8-5-9-14-12;2*1-3-2;;/h4-10H,1-2H3,(H,16,18);3-9H,13H2,1H3;2*1,3H2,2H3;;/q4*-1;2*+2. The van der Waals surface area contributed by atoms with Crippen LogP contribution in [-0.4, -0.2) is 30.0 Å². The van der Waals surface area contributed by atoms with Crippen LogP contribution in [0.1, 0.15) is 33.6 Å². The Bertz CT molecular complexity index is 1210. The Morgan fingerprint density at radius 3 is 1.61 bits per heavy atom. The van der Waals surface area contributed by atoms with Gasteiger partial charge >= 0.3 is 37.1 Å². The molecule has 9 heteroatoms. The van der Waals surface area contributed by atoms with E-state index < -0.39 is 0 Å². The molecule has 0 spiro atoms. The number of nitrogens with two attached hydrogens (primary N) is 1. The zero-order chi connectivity index (χ0) is 29.0. The van der Waals surface area contributed by atoms with Crippen LogP contribution in [-0.2, 0) is 41.9 Å². The fourth-order valence-electron chi connectivity index (χ4n) is 3.09. The van der Waals surface area contributed by atoms with Crippen molar-refractivity contribution in [1.82, 2.24) is 9.97 Å². The fourth-order valence-corrected chi connectivity index (χ4v) is 3.09. The van der Waals surface area contributed by atoms with Crippen LogP contribution in [0, 0.1) is 26.0 Å². The van der Waals surface area contributed by atoms with E-state index in [2.05, 4.69) is 41.3 Å². The smallest absolute Gasteiger partial charge is 0.396 e. The van der Waals surface area contributed by atoms with E-state index in [1.165, 1.54) is 6.92 Å². The Labute approximate surface area is 270 Å². The van der Waals surface area contributed by atoms with Gasteiger partial charge in [-0.15, -0.1) is 24.3 Å². The number of carbonyl (C=O) groups is 1. The van der Waals surface area contributed by atoms with Crippen LogP contribution in [0.25, 0.3) is 0 Å². The van der Waals surface area contributed by atoms with Crippen molar-refractivity contribution in [2.45, 2.75) is 33.6 Å². The molecule has 1 amide bonds. The van der Waals surface area contributed by atoms with Crippen LogP contribution in [0.2, 0.25) is 0 Å². The van der Waals surface area contributed by atoms with E-state index >= 15 is 0 Å². The second-order valence-electron chi connectivity index (χ2n) is 8.11. The Balaban J connectivity index is 0. The van der Waals surface area contributed by atoms with Crippen LogP contribution in [0.5, 0.6) is 0 Å². The zero-order valence-corrected chi connectivity index (χ0v) is 27.4. The van der Waals surface area contributed by atoms with Gasteiger partial charge in [0.15, 0.2) is 11.6 Å². The molecule has 0 fully saturated rings. The first kappa shape index (κ1) is 39.9. The van der Waals surface area contributed by atoms with E-state index in [9.17, 15) is 4.79 Å². The summed E-state index contributed by atoms with van der Waals surface area (Å²) in [5.41, 5.74) is 9.24. The minimum Gasteiger partial charge on any atom is -0.396 e. The minimum atomic E-state index is -0.112. The molecular formula is C32H40N6OV2. The summed E-state index contributed by atoms with van der Waals surface area (Å²) in [6.07, 6.45) is 5.43. The molecule has 4 rings (SSSR count). The van der Waals surface area contributed by atoms with Crippen LogP contribution >= 0.6 is 0 Å². The Kier molecular flexibility index (Phi) is 22.9. The molecule has 0 aliphatic heterocycles. The van der Waals surface area contributed by atoms with Crippen LogP contribution < -0.4 is 20.9 Å². The molecule has 2 radical (unpaired) electrons. The number of rotatable bonds is 5. The quantitative estimate of drug-likeness (QED) is 0.226. The maximum atomic E-state index is 11.2. The van der Waals surface area contributed by atoms with Gasteiger partial charge in [0.1, 0.15) is 0 Å². The number of hydrogen-bond acceptors (Lipinski definition) is 6. The van der Waals surface area contributed by atoms with Gasteiger partial charge in [0.05, 0.1) is 11.4 Å². The third-order valence-electron chi connectivity index (χ3n) is 4.73. The molecule has 0 saturated carbocycles. The predicted molar refractivity (Wildman–Crippen MR) is 165 cm³/mol. The summed E-state index contributed by atoms with van der Waals surface area (Å²) in [6, 6.07) is 28.5. The van der Waals surface area contributed by atoms with E-state index in [1.54, 1.807) is 18.5 Å². The van der Waals surface area contributed by atoms with Crippen LogP contribution in [0.15, 0.2) is 85.2 Å². The van der Waals surface area contributed by atoms with Crippen molar-refractivity contribution in [3.8, 4) is 0 Å². The van der Waals surface area contributed by atoms with Crippen molar-refractivity contribution in [3.63, 3.8) is 0 Å². The third-order valence-corrected chi connectivity index (χ3v) is 4.73. The summed E-state index contributed by atoms with van der Waals surface area (Å²) < 4.78 is 0. The molecule has 0 saturated heterocycles. The summed E-state index contributed by atoms with van der Waals surface area (Å²) in [6.45, 7) is 12.5. The number of aromatic nitrogens is 2. The number of anilines is 6. The van der Waals surface area contributed by atoms with Crippen molar-refractivity contribution < 1.29 is 41.9 Å². The molecular weight excluding hydrogens is 586 g/mol. The summed E-state index contributed by atoms with van der Waals surface area (Å²) in [4.78, 5) is 23.6. The van der Waals surface area contributed by atoms with Gasteiger partial charge in [0, 0.05) is 33.4 Å². The zero-order valence-electron chi connectivity index (χ0n) is 24.6. The average molecular weight is 627 g/mol. The Morgan fingerprint density at radius 2 is 1.20 bits per heavy atom. The van der Waals surface area contributed by atoms with Crippen molar-refractivity contribution >= 4 is 40.3 Å². The molecule has 0 aliphatic carbocycles. The summed E-state index contributed by atoms with van der Waals surface area (Å²) >= 11 is 0. The first-order chi connectivity index (χ1) is 18.8. The third kappa shape index (κ3) is 14.8. The molecule has 3 N–H and O–H groups in total. The van der Waals surface area contributed by atoms with Gasteiger partial charge < -0.3 is 34.7 Å². The number of carbonyl (C=O) groups excluding carboxylic acids is 1. The van der Waals surface area contributed by atoms with E-state index in [0.29, 0.717) is 17.2 Å². The molecule has 2 aromatic carbocycles. The summed E-state index contributed by atoms with van der Waals surface area (Å²) in [5.74, 6) is 1.36. The van der Waals surface area contributed by atoms with Gasteiger partial charge in [-0.05, 0) is 24.3 Å². The molecule has 2 heterocycles. The van der Waals surface area contributed by atoms with Crippen LogP contribution in [0.3, 0.4) is 0 Å². The largest absolute Gasteiger partial charge is 2.00 e. The molecule has 0 atom stereocenters. The first-order valence-corrected chi connectivity index (χ1v) is 12.7. The van der Waals surface area contributed by atoms with E-state index in [-0.39, 0.29) is 43.0 Å². The maximum absolute atomic E-state index is 11.2. The monoisotopic (exact) mass is 626 g/mol. The number of pyridine rings is 2. The molecule has 0 unspecified atom stereocenters. The SMILES string of the molecule is CC(=O)Nc1cccnc1N(C)c1cc[c-]cc1.CN(c1cc[c-]cc1)c1ncccc1N.[CH2-]CC.[CH2-]CC.[V+2].[V+2]. The van der Waals surface area contributed by atoms with Crippen LogP contribution in [0.4, 0.5) is 34.4 Å². The van der Waals surface area contributed by atoms with E-state index in [4.69, 9.17) is 5.73 Å². The van der Waals surface area contributed by atoms with Crippen molar-refractivity contribution in [1.29, 1.82) is 0 Å². The molecule has 7 nitrogen and oxygen atoms in total. The molecule has 0 bridgehead atoms. The summed E-state index contributed by atoms with van der Waals surface area (Å²) in [7, 11) is 3.84. The van der Waals surface area contributed by atoms with Crippen molar-refractivity contribution in [3.05, 3.63) is 111 Å². The van der Waals surface area contributed by atoms with Crippen molar-refractivity contribution in [2.75, 3.05) is 34.9 Å². The predicted octanol–water partition coefficient (Wildman–Crippen LogP) is 7.30. The van der Waals surface area contributed by atoms with Gasteiger partial charge in [-0.2, -0.15) is 49.2 Å². The van der Waals surface area contributed by atoms with Gasteiger partial charge in [-0.3, -0.25) is 4.79 Å². The molecule has 0 aliphatic rings. The normalized spacial score (nSPS) is 8.85. The average Bonchev–Trinajstić information content (AvgIpc) is 2.95. The van der Waals surface area contributed by atoms with Crippen molar-refractivity contribution in [2.24, 2.45) is 0 Å². The number of amides is 1. The molecule has 4 aromatic rings. The fraction of sp³-hybridized carbons (Fsp3) is 0.219. The second kappa shape index (κ2) is 23.5. The molecule has 41 heavy (non-hydrogen) atoms. The van der Waals surface area contributed by atoms with Gasteiger partial charge in [0.2, 0.25) is 5.91 Å². The van der Waals surface area contributed by atoms with Gasteiger partial charge in [-0.25, -0.2) is 9.97 Å². The Hall–Kier alpha value is -3.22. The second-order valence-corrected chi connectivity index (χ2v) is 8.11. The first-order valence-electron chi connectivity index (χ1n) is 12.7. The molecule has 214 valence electrons. The summed E-state index contributed by atoms with van der Waals surface area (Å²) in [5, 5.41) is 2.77. The number of nitrogen functional groups attached to an aromatic ring is 1. The Morgan fingerprint density at radius 1 is 0.805 bits per heavy atom. The van der Waals surface area contributed by atoms with Gasteiger partial charge in [-0.1, -0.05) is 25.2 Å².